The molecule has 0 fully saturated rings. The molecule has 0 spiro atoms. The molecule has 0 saturated heterocycles. The molecule has 17 heavy (non-hydrogen) atoms. The van der Waals surface area contributed by atoms with Crippen LogP contribution >= 0.6 is 0 Å². The summed E-state index contributed by atoms with van der Waals surface area (Å²) in [5.74, 6) is 0.815. The van der Waals surface area contributed by atoms with Crippen LogP contribution in [0.2, 0.25) is 0 Å². The molecule has 0 aliphatic rings. The van der Waals surface area contributed by atoms with E-state index < -0.39 is 0 Å². The number of hydrogen-bond acceptors (Lipinski definition) is 4. The van der Waals surface area contributed by atoms with Crippen LogP contribution in [0.1, 0.15) is 20.8 Å². The van der Waals surface area contributed by atoms with Crippen molar-refractivity contribution in [1.29, 1.82) is 0 Å². The number of hydrogen-bond donors (Lipinski definition) is 2. The van der Waals surface area contributed by atoms with E-state index in [-0.39, 0.29) is 0 Å². The van der Waals surface area contributed by atoms with Crippen LogP contribution in [0.5, 0.6) is 0 Å². The first kappa shape index (κ1) is 15.0. The Balaban J connectivity index is 0.00000121. The Morgan fingerprint density at radius 1 is 1.47 bits per heavy atom. The van der Waals surface area contributed by atoms with Crippen LogP contribution < -0.4 is 11.1 Å². The molecule has 94 valence electrons. The average Bonchev–Trinajstić information content (AvgIpc) is 2.74. The first-order valence-corrected chi connectivity index (χ1v) is 5.59. The molecular weight excluding hydrogens is 214 g/mol. The van der Waals surface area contributed by atoms with E-state index in [9.17, 15) is 0 Å². The molecule has 0 aliphatic heterocycles. The third-order valence-corrected chi connectivity index (χ3v) is 1.77. The predicted molar refractivity (Wildman–Crippen MR) is 74.6 cm³/mol. The van der Waals surface area contributed by atoms with Gasteiger partial charge >= 0.3 is 0 Å². The summed E-state index contributed by atoms with van der Waals surface area (Å²) in [4.78, 5) is 4.01. The number of nitrogens with one attached hydrogen (secondary N) is 1. The lowest BCUT2D eigenvalue weighted by molar-refractivity contribution is 0.923. The fourth-order valence-corrected chi connectivity index (χ4v) is 1.04. The predicted octanol–water partition coefficient (Wildman–Crippen LogP) is 2.53. The van der Waals surface area contributed by atoms with E-state index in [2.05, 4.69) is 22.0 Å². The molecule has 0 radical (unpaired) electrons. The standard InChI is InChI=1S/C10H15N5.C2H6/c1-4-6-7-8(5-2)15-9(11)13-10(12-3)14-15;1-2/h4-7H,2H2,1,3H3,(H3,11,12,13,14);1-2H3/b6-4-,8-7+;. The molecular formula is C12H21N5. The molecule has 0 atom stereocenters. The fourth-order valence-electron chi connectivity index (χ4n) is 1.04. The Labute approximate surface area is 103 Å². The molecule has 1 rings (SSSR count). The summed E-state index contributed by atoms with van der Waals surface area (Å²) in [6.07, 6.45) is 7.33. The first-order chi connectivity index (χ1) is 8.22. The highest BCUT2D eigenvalue weighted by molar-refractivity contribution is 5.61. The van der Waals surface area contributed by atoms with E-state index >= 15 is 0 Å². The Morgan fingerprint density at radius 2 is 2.12 bits per heavy atom. The molecule has 0 aliphatic carbocycles. The molecule has 1 aromatic rings. The van der Waals surface area contributed by atoms with E-state index in [0.29, 0.717) is 11.9 Å². The average molecular weight is 235 g/mol. The topological polar surface area (TPSA) is 68.8 Å². The molecule has 0 saturated carbocycles. The van der Waals surface area contributed by atoms with Gasteiger partial charge in [-0.3, -0.25) is 0 Å². The van der Waals surface area contributed by atoms with Gasteiger partial charge < -0.3 is 11.1 Å². The Hall–Kier alpha value is -2.04. The summed E-state index contributed by atoms with van der Waals surface area (Å²) in [7, 11) is 1.74. The maximum absolute atomic E-state index is 5.70. The lowest BCUT2D eigenvalue weighted by Gasteiger charge is -2.00. The highest BCUT2D eigenvalue weighted by atomic mass is 15.4. The van der Waals surface area contributed by atoms with Crippen molar-refractivity contribution < 1.29 is 0 Å². The van der Waals surface area contributed by atoms with Gasteiger partial charge in [-0.15, -0.1) is 5.10 Å². The van der Waals surface area contributed by atoms with Crippen LogP contribution in [0.25, 0.3) is 5.70 Å². The van der Waals surface area contributed by atoms with Crippen LogP contribution in [-0.4, -0.2) is 21.8 Å². The van der Waals surface area contributed by atoms with Gasteiger partial charge in [0.2, 0.25) is 11.9 Å². The zero-order chi connectivity index (χ0) is 13.3. The van der Waals surface area contributed by atoms with Gasteiger partial charge in [-0.25, -0.2) is 0 Å². The van der Waals surface area contributed by atoms with Crippen molar-refractivity contribution in [3.05, 3.63) is 30.9 Å². The lowest BCUT2D eigenvalue weighted by Crippen LogP contribution is -2.02. The summed E-state index contributed by atoms with van der Waals surface area (Å²) in [5.41, 5.74) is 6.48. The van der Waals surface area contributed by atoms with E-state index in [4.69, 9.17) is 5.73 Å². The zero-order valence-corrected chi connectivity index (χ0v) is 10.9. The zero-order valence-electron chi connectivity index (χ0n) is 10.9. The summed E-state index contributed by atoms with van der Waals surface area (Å²) < 4.78 is 1.53. The van der Waals surface area contributed by atoms with E-state index in [1.165, 1.54) is 4.68 Å². The maximum atomic E-state index is 5.70. The quantitative estimate of drug-likeness (QED) is 0.787. The van der Waals surface area contributed by atoms with Gasteiger partial charge in [0, 0.05) is 7.05 Å². The molecule has 5 nitrogen and oxygen atoms in total. The Kier molecular flexibility index (Phi) is 7.17. The maximum Gasteiger partial charge on any atom is 0.244 e. The molecule has 0 bridgehead atoms. The minimum atomic E-state index is 0.329. The SMILES string of the molecule is C=C/C(=C\C=C/C)n1nc(NC)nc1N.CC. The number of allylic oxidation sites excluding steroid dienone is 5. The van der Waals surface area contributed by atoms with Crippen LogP contribution in [0, 0.1) is 0 Å². The molecule has 5 heteroatoms. The molecule has 1 heterocycles. The summed E-state index contributed by atoms with van der Waals surface area (Å²) in [6.45, 7) is 9.63. The van der Waals surface area contributed by atoms with Gasteiger partial charge in [-0.05, 0) is 19.1 Å². The van der Waals surface area contributed by atoms with Crippen molar-refractivity contribution in [3.8, 4) is 0 Å². The third-order valence-electron chi connectivity index (χ3n) is 1.77. The smallest absolute Gasteiger partial charge is 0.244 e. The second kappa shape index (κ2) is 8.15. The number of nitrogens with two attached hydrogens (primary N) is 1. The van der Waals surface area contributed by atoms with Gasteiger partial charge in [0.25, 0.3) is 0 Å². The molecule has 0 amide bonds. The minimum Gasteiger partial charge on any atom is -0.368 e. The second-order valence-electron chi connectivity index (χ2n) is 2.78. The molecule has 0 unspecified atom stereocenters. The highest BCUT2D eigenvalue weighted by Crippen LogP contribution is 2.12. The van der Waals surface area contributed by atoms with Crippen molar-refractivity contribution in [2.24, 2.45) is 0 Å². The van der Waals surface area contributed by atoms with Crippen molar-refractivity contribution in [3.63, 3.8) is 0 Å². The summed E-state index contributed by atoms with van der Waals surface area (Å²) in [6, 6.07) is 0. The number of nitrogens with zero attached hydrogens (tertiary/aromatic N) is 3. The summed E-state index contributed by atoms with van der Waals surface area (Å²) in [5, 5.41) is 6.97. The number of nitrogen functional groups attached to an aromatic ring is 1. The van der Waals surface area contributed by atoms with E-state index in [0.717, 1.165) is 5.70 Å². The van der Waals surface area contributed by atoms with Crippen LogP contribution in [0.3, 0.4) is 0 Å². The Morgan fingerprint density at radius 3 is 2.53 bits per heavy atom. The fraction of sp³-hybridized carbons (Fsp3) is 0.333. The Bertz CT molecular complexity index is 401. The van der Waals surface area contributed by atoms with Gasteiger partial charge in [0.1, 0.15) is 0 Å². The van der Waals surface area contributed by atoms with Crippen molar-refractivity contribution in [1.82, 2.24) is 14.8 Å². The van der Waals surface area contributed by atoms with Crippen molar-refractivity contribution >= 4 is 17.6 Å². The minimum absolute atomic E-state index is 0.329. The van der Waals surface area contributed by atoms with Crippen LogP contribution in [-0.2, 0) is 0 Å². The molecule has 1 aromatic heterocycles. The number of anilines is 2. The van der Waals surface area contributed by atoms with Crippen molar-refractivity contribution in [2.45, 2.75) is 20.8 Å². The third kappa shape index (κ3) is 4.14. The van der Waals surface area contributed by atoms with Gasteiger partial charge in [-0.2, -0.15) is 9.67 Å². The second-order valence-corrected chi connectivity index (χ2v) is 2.78. The molecule has 3 N–H and O–H groups in total. The lowest BCUT2D eigenvalue weighted by atomic mass is 10.3. The van der Waals surface area contributed by atoms with E-state index in [1.54, 1.807) is 13.1 Å². The highest BCUT2D eigenvalue weighted by Gasteiger charge is 2.06. The van der Waals surface area contributed by atoms with E-state index in [1.807, 2.05) is 39.0 Å². The first-order valence-electron chi connectivity index (χ1n) is 5.59. The van der Waals surface area contributed by atoms with Crippen LogP contribution in [0.15, 0.2) is 30.9 Å². The van der Waals surface area contributed by atoms with Gasteiger partial charge in [0.05, 0.1) is 5.70 Å². The van der Waals surface area contributed by atoms with Crippen molar-refractivity contribution in [2.75, 3.05) is 18.1 Å². The number of aromatic nitrogens is 3. The summed E-state index contributed by atoms with van der Waals surface area (Å²) >= 11 is 0. The monoisotopic (exact) mass is 235 g/mol. The normalized spacial score (nSPS) is 10.9. The van der Waals surface area contributed by atoms with Gasteiger partial charge in [0.15, 0.2) is 0 Å². The van der Waals surface area contributed by atoms with Crippen LogP contribution in [0.4, 0.5) is 11.9 Å². The molecule has 0 aromatic carbocycles. The number of rotatable bonds is 4. The van der Waals surface area contributed by atoms with Gasteiger partial charge in [-0.1, -0.05) is 32.6 Å². The largest absolute Gasteiger partial charge is 0.368 e.